The Bertz CT molecular complexity index is 950. The molecule has 0 amide bonds. The quantitative estimate of drug-likeness (QED) is 0.608. The van der Waals surface area contributed by atoms with Crippen molar-refractivity contribution in [3.8, 4) is 0 Å². The van der Waals surface area contributed by atoms with Gasteiger partial charge in [0.2, 0.25) is 0 Å². The largest absolute Gasteiger partial charge is 0.456 e. The van der Waals surface area contributed by atoms with Gasteiger partial charge in [0, 0.05) is 0 Å². The van der Waals surface area contributed by atoms with E-state index >= 15 is 0 Å². The molecule has 1 aromatic heterocycles. The van der Waals surface area contributed by atoms with E-state index < -0.39 is 39.9 Å². The van der Waals surface area contributed by atoms with Crippen LogP contribution in [-0.2, 0) is 22.7 Å². The summed E-state index contributed by atoms with van der Waals surface area (Å²) in [6.07, 6.45) is 0. The van der Waals surface area contributed by atoms with Crippen LogP contribution in [0, 0.1) is 5.82 Å². The molecule has 3 aromatic rings. The van der Waals surface area contributed by atoms with Gasteiger partial charge in [0.25, 0.3) is 0 Å². The Morgan fingerprint density at radius 1 is 0.862 bits per heavy atom. The molecule has 0 aliphatic rings. The number of anilines is 1. The first kappa shape index (κ1) is 20.3. The molecule has 2 aromatic carbocycles. The molecule has 3 rings (SSSR count). The van der Waals surface area contributed by atoms with Crippen LogP contribution in [0.2, 0.25) is 5.02 Å². The normalized spacial score (nSPS) is 10.4. The van der Waals surface area contributed by atoms with Gasteiger partial charge < -0.3 is 15.2 Å². The smallest absolute Gasteiger partial charge is 0.360 e. The van der Waals surface area contributed by atoms with Crippen LogP contribution in [0.25, 0.3) is 0 Å². The van der Waals surface area contributed by atoms with Crippen molar-refractivity contribution in [3.63, 3.8) is 0 Å². The molecule has 0 atom stereocenters. The summed E-state index contributed by atoms with van der Waals surface area (Å²) in [4.78, 5) is 28.4. The molecule has 6 nitrogen and oxygen atoms in total. The van der Waals surface area contributed by atoms with Gasteiger partial charge in [-0.1, -0.05) is 72.3 Å². The molecule has 29 heavy (non-hydrogen) atoms. The number of benzene rings is 2. The Labute approximate surface area is 171 Å². The maximum Gasteiger partial charge on any atom is 0.360 e. The number of carbonyl (C=O) groups is 2. The predicted molar refractivity (Wildman–Crippen MR) is 105 cm³/mol. The number of halogens is 2. The van der Waals surface area contributed by atoms with Crippen LogP contribution in [0.4, 0.5) is 10.1 Å². The zero-order chi connectivity index (χ0) is 20.8. The van der Waals surface area contributed by atoms with Gasteiger partial charge in [0.15, 0.2) is 17.2 Å². The SMILES string of the molecule is Nc1c(F)c(C(=O)OCc2ccccc2)nc(C(=O)OCc2ccccc2)c1Cl. The number of nitrogens with two attached hydrogens (primary N) is 1. The Hall–Kier alpha value is -3.45. The molecule has 0 spiro atoms. The van der Waals surface area contributed by atoms with E-state index in [4.69, 9.17) is 26.8 Å². The lowest BCUT2D eigenvalue weighted by atomic mass is 10.2. The Balaban J connectivity index is 1.78. The number of aromatic nitrogens is 1. The van der Waals surface area contributed by atoms with Crippen LogP contribution in [0.5, 0.6) is 0 Å². The number of ether oxygens (including phenoxy) is 2. The standard InChI is InChI=1S/C21H16ClFN2O4/c22-15-17(24)16(23)19(21(27)29-12-14-9-5-2-6-10-14)25-18(15)20(26)28-11-13-7-3-1-4-8-13/h1-10H,11-12H2,(H2,24,25). The highest BCUT2D eigenvalue weighted by molar-refractivity contribution is 6.35. The molecule has 148 valence electrons. The Morgan fingerprint density at radius 3 is 1.79 bits per heavy atom. The molecular formula is C21H16ClFN2O4. The average molecular weight is 415 g/mol. The van der Waals surface area contributed by atoms with Crippen LogP contribution in [0.3, 0.4) is 0 Å². The Morgan fingerprint density at radius 2 is 1.31 bits per heavy atom. The van der Waals surface area contributed by atoms with Gasteiger partial charge in [-0.15, -0.1) is 0 Å². The van der Waals surface area contributed by atoms with Crippen LogP contribution < -0.4 is 5.73 Å². The summed E-state index contributed by atoms with van der Waals surface area (Å²) in [6.45, 7) is -0.153. The Kier molecular flexibility index (Phi) is 6.41. The zero-order valence-corrected chi connectivity index (χ0v) is 15.9. The molecule has 0 aliphatic heterocycles. The third kappa shape index (κ3) is 4.89. The molecule has 0 unspecified atom stereocenters. The fourth-order valence-corrected chi connectivity index (χ4v) is 2.62. The average Bonchev–Trinajstić information content (AvgIpc) is 2.76. The van der Waals surface area contributed by atoms with Crippen LogP contribution in [0.1, 0.15) is 32.1 Å². The fraction of sp³-hybridized carbons (Fsp3) is 0.0952. The first-order valence-corrected chi connectivity index (χ1v) is 8.91. The summed E-state index contributed by atoms with van der Waals surface area (Å²) in [5.74, 6) is -3.18. The van der Waals surface area contributed by atoms with Gasteiger partial charge in [-0.25, -0.2) is 19.0 Å². The topological polar surface area (TPSA) is 91.5 Å². The number of hydrogen-bond donors (Lipinski definition) is 1. The van der Waals surface area contributed by atoms with E-state index in [1.807, 2.05) is 6.07 Å². The predicted octanol–water partition coefficient (Wildman–Crippen LogP) is 4.17. The first-order valence-electron chi connectivity index (χ1n) is 8.54. The molecule has 8 heteroatoms. The monoisotopic (exact) mass is 414 g/mol. The van der Waals surface area contributed by atoms with Gasteiger partial charge in [-0.2, -0.15) is 0 Å². The van der Waals surface area contributed by atoms with Gasteiger partial charge in [0.1, 0.15) is 13.2 Å². The van der Waals surface area contributed by atoms with E-state index in [1.165, 1.54) is 0 Å². The highest BCUT2D eigenvalue weighted by Crippen LogP contribution is 2.28. The van der Waals surface area contributed by atoms with Crippen molar-refractivity contribution in [3.05, 3.63) is 94.0 Å². The molecule has 0 fully saturated rings. The number of esters is 2. The fourth-order valence-electron chi connectivity index (χ4n) is 2.41. The van der Waals surface area contributed by atoms with Crippen molar-refractivity contribution in [1.29, 1.82) is 0 Å². The summed E-state index contributed by atoms with van der Waals surface area (Å²) in [7, 11) is 0. The zero-order valence-electron chi connectivity index (χ0n) is 15.1. The van der Waals surface area contributed by atoms with E-state index in [9.17, 15) is 14.0 Å². The van der Waals surface area contributed by atoms with Crippen LogP contribution in [0.15, 0.2) is 60.7 Å². The maximum absolute atomic E-state index is 14.4. The highest BCUT2D eigenvalue weighted by Gasteiger charge is 2.27. The molecule has 0 bridgehead atoms. The number of pyridine rings is 1. The molecule has 0 saturated heterocycles. The summed E-state index contributed by atoms with van der Waals surface area (Å²) in [6, 6.07) is 17.7. The number of hydrogen-bond acceptors (Lipinski definition) is 6. The summed E-state index contributed by atoms with van der Waals surface area (Å²) in [5, 5.41) is -0.430. The highest BCUT2D eigenvalue weighted by atomic mass is 35.5. The van der Waals surface area contributed by atoms with Crippen molar-refractivity contribution in [2.24, 2.45) is 0 Å². The number of rotatable bonds is 6. The third-order valence-corrected chi connectivity index (χ3v) is 4.31. The minimum absolute atomic E-state index is 0.0528. The number of carbonyl (C=O) groups excluding carboxylic acids is 2. The summed E-state index contributed by atoms with van der Waals surface area (Å²) >= 11 is 5.94. The van der Waals surface area contributed by atoms with Gasteiger partial charge in [-0.05, 0) is 11.1 Å². The molecule has 0 saturated carbocycles. The van der Waals surface area contributed by atoms with E-state index in [1.54, 1.807) is 54.6 Å². The minimum Gasteiger partial charge on any atom is -0.456 e. The molecule has 2 N–H and O–H groups in total. The van der Waals surface area contributed by atoms with Crippen LogP contribution in [-0.4, -0.2) is 16.9 Å². The van der Waals surface area contributed by atoms with Crippen molar-refractivity contribution in [2.45, 2.75) is 13.2 Å². The van der Waals surface area contributed by atoms with Gasteiger partial charge >= 0.3 is 11.9 Å². The van der Waals surface area contributed by atoms with Crippen LogP contribution >= 0.6 is 11.6 Å². The molecule has 1 heterocycles. The summed E-state index contributed by atoms with van der Waals surface area (Å²) < 4.78 is 24.6. The van der Waals surface area contributed by atoms with Gasteiger partial charge in [0.05, 0.1) is 10.7 Å². The second-order valence-corrected chi connectivity index (χ2v) is 6.35. The van der Waals surface area contributed by atoms with Crippen molar-refractivity contribution < 1.29 is 23.5 Å². The molecule has 0 radical (unpaired) electrons. The van der Waals surface area contributed by atoms with E-state index in [-0.39, 0.29) is 13.2 Å². The lowest BCUT2D eigenvalue weighted by Gasteiger charge is -2.11. The van der Waals surface area contributed by atoms with Gasteiger partial charge in [-0.3, -0.25) is 0 Å². The van der Waals surface area contributed by atoms with Crippen molar-refractivity contribution in [2.75, 3.05) is 5.73 Å². The lowest BCUT2D eigenvalue weighted by Crippen LogP contribution is -2.17. The summed E-state index contributed by atoms with van der Waals surface area (Å²) in [5.41, 5.74) is 5.25. The second-order valence-electron chi connectivity index (χ2n) is 5.97. The second kappa shape index (κ2) is 9.16. The molecule has 0 aliphatic carbocycles. The minimum atomic E-state index is -1.16. The van der Waals surface area contributed by atoms with E-state index in [2.05, 4.69) is 4.98 Å². The number of nitrogens with zero attached hydrogens (tertiary/aromatic N) is 1. The van der Waals surface area contributed by atoms with Crippen molar-refractivity contribution >= 4 is 29.2 Å². The molecular weight excluding hydrogens is 399 g/mol. The van der Waals surface area contributed by atoms with E-state index in [0.717, 1.165) is 5.56 Å². The first-order chi connectivity index (χ1) is 14.0. The number of nitrogen functional groups attached to an aromatic ring is 1. The van der Waals surface area contributed by atoms with Crippen molar-refractivity contribution in [1.82, 2.24) is 4.98 Å². The lowest BCUT2D eigenvalue weighted by molar-refractivity contribution is 0.0452. The third-order valence-electron chi connectivity index (χ3n) is 3.92. The maximum atomic E-state index is 14.4. The van der Waals surface area contributed by atoms with E-state index in [0.29, 0.717) is 5.56 Å².